The predicted molar refractivity (Wildman–Crippen MR) is 142 cm³/mol. The number of guanidine groups is 1. The number of ether oxygens (including phenoxy) is 2. The molecule has 1 N–H and O–H groups in total. The minimum atomic E-state index is 0. The maximum Gasteiger partial charge on any atom is 0.193 e. The number of hydrogen-bond acceptors (Lipinski definition) is 4. The summed E-state index contributed by atoms with van der Waals surface area (Å²) in [5.41, 5.74) is 2.52. The number of methoxy groups -OCH3 is 2. The van der Waals surface area contributed by atoms with Gasteiger partial charge in [-0.2, -0.15) is 0 Å². The number of hydrogen-bond donors (Lipinski definition) is 1. The number of benzene rings is 2. The molecule has 1 heterocycles. The zero-order valence-corrected chi connectivity index (χ0v) is 22.0. The first-order chi connectivity index (χ1) is 15.1. The number of aliphatic imine (C=N–C) groups is 1. The Kier molecular flexibility index (Phi) is 11.1. The van der Waals surface area contributed by atoms with Crippen molar-refractivity contribution in [3.63, 3.8) is 0 Å². The van der Waals surface area contributed by atoms with Crippen molar-refractivity contribution in [1.82, 2.24) is 15.1 Å². The predicted octanol–water partition coefficient (Wildman–Crippen LogP) is 3.89. The highest BCUT2D eigenvalue weighted by Crippen LogP contribution is 2.25. The van der Waals surface area contributed by atoms with Crippen LogP contribution in [0.25, 0.3) is 0 Å². The van der Waals surface area contributed by atoms with Crippen molar-refractivity contribution in [3.05, 3.63) is 59.7 Å². The number of nitrogens with one attached hydrogen (secondary N) is 1. The van der Waals surface area contributed by atoms with Gasteiger partial charge in [-0.05, 0) is 43.0 Å². The highest BCUT2D eigenvalue weighted by atomic mass is 127. The molecule has 3 rings (SSSR count). The zero-order valence-electron chi connectivity index (χ0n) is 19.7. The second kappa shape index (κ2) is 13.5. The van der Waals surface area contributed by atoms with E-state index in [1.165, 1.54) is 18.5 Å². The lowest BCUT2D eigenvalue weighted by Gasteiger charge is -2.24. The van der Waals surface area contributed by atoms with Crippen LogP contribution in [0.4, 0.5) is 0 Å². The summed E-state index contributed by atoms with van der Waals surface area (Å²) in [6.45, 7) is 5.11. The quantitative estimate of drug-likeness (QED) is 0.291. The van der Waals surface area contributed by atoms with Crippen molar-refractivity contribution >= 4 is 29.9 Å². The molecule has 1 saturated heterocycles. The van der Waals surface area contributed by atoms with E-state index in [-0.39, 0.29) is 24.0 Å². The molecule has 7 heteroatoms. The molecular weight excluding hydrogens is 515 g/mol. The molecule has 2 aromatic rings. The minimum Gasteiger partial charge on any atom is -0.497 e. The van der Waals surface area contributed by atoms with Gasteiger partial charge < -0.3 is 24.6 Å². The highest BCUT2D eigenvalue weighted by Gasteiger charge is 2.22. The molecule has 0 aromatic heterocycles. The molecule has 0 saturated carbocycles. The Morgan fingerprint density at radius 1 is 1.16 bits per heavy atom. The summed E-state index contributed by atoms with van der Waals surface area (Å²) < 4.78 is 10.8. The van der Waals surface area contributed by atoms with E-state index in [0.29, 0.717) is 12.5 Å². The molecule has 0 amide bonds. The van der Waals surface area contributed by atoms with Crippen LogP contribution in [-0.2, 0) is 13.0 Å². The van der Waals surface area contributed by atoms with Gasteiger partial charge in [0.1, 0.15) is 11.5 Å². The van der Waals surface area contributed by atoms with Crippen molar-refractivity contribution in [1.29, 1.82) is 0 Å². The maximum absolute atomic E-state index is 5.54. The van der Waals surface area contributed by atoms with Crippen LogP contribution in [0.15, 0.2) is 53.5 Å². The number of halogens is 1. The van der Waals surface area contributed by atoms with Gasteiger partial charge in [0, 0.05) is 51.9 Å². The zero-order chi connectivity index (χ0) is 22.1. The second-order valence-electron chi connectivity index (χ2n) is 8.15. The largest absolute Gasteiger partial charge is 0.497 e. The van der Waals surface area contributed by atoms with Gasteiger partial charge in [0.25, 0.3) is 0 Å². The molecule has 1 aliphatic rings. The Hall–Kier alpha value is -2.00. The monoisotopic (exact) mass is 552 g/mol. The van der Waals surface area contributed by atoms with Gasteiger partial charge in [0.05, 0.1) is 14.2 Å². The fourth-order valence-corrected chi connectivity index (χ4v) is 4.15. The molecule has 0 radical (unpaired) electrons. The summed E-state index contributed by atoms with van der Waals surface area (Å²) in [7, 11) is 7.25. The van der Waals surface area contributed by atoms with Gasteiger partial charge in [0.2, 0.25) is 0 Å². The van der Waals surface area contributed by atoms with E-state index in [1.807, 2.05) is 25.2 Å². The topological polar surface area (TPSA) is 49.3 Å². The van der Waals surface area contributed by atoms with Crippen LogP contribution in [-0.4, -0.2) is 70.3 Å². The third-order valence-electron chi connectivity index (χ3n) is 5.95. The van der Waals surface area contributed by atoms with E-state index >= 15 is 0 Å². The molecular formula is C25H37IN4O2. The van der Waals surface area contributed by atoms with E-state index in [9.17, 15) is 0 Å². The molecule has 1 unspecified atom stereocenters. The Labute approximate surface area is 210 Å². The number of likely N-dealkylation sites (tertiary alicyclic amines) is 1. The first kappa shape index (κ1) is 26.3. The average Bonchev–Trinajstić information content (AvgIpc) is 3.27. The van der Waals surface area contributed by atoms with Gasteiger partial charge in [-0.15, -0.1) is 24.0 Å². The highest BCUT2D eigenvalue weighted by molar-refractivity contribution is 14.0. The number of nitrogens with zero attached hydrogens (tertiary/aromatic N) is 3. The lowest BCUT2D eigenvalue weighted by molar-refractivity contribution is 0.327. The van der Waals surface area contributed by atoms with Gasteiger partial charge in [-0.1, -0.05) is 30.3 Å². The van der Waals surface area contributed by atoms with Crippen LogP contribution in [0.1, 0.15) is 17.5 Å². The lowest BCUT2D eigenvalue weighted by atomic mass is 10.1. The van der Waals surface area contributed by atoms with Crippen LogP contribution in [0.5, 0.6) is 11.5 Å². The summed E-state index contributed by atoms with van der Waals surface area (Å²) in [5, 5.41) is 3.57. The standard InChI is InChI=1S/C25H36N4O2.HI/c1-26-25(28(2)19-22-10-11-23(30-3)16-24(22)31-4)27-17-21-13-15-29(18-21)14-12-20-8-6-5-7-9-20;/h5-11,16,21H,12-15,17-19H2,1-4H3,(H,26,27);1H. The Morgan fingerprint density at radius 2 is 1.94 bits per heavy atom. The Morgan fingerprint density at radius 3 is 2.62 bits per heavy atom. The Bertz CT molecular complexity index is 847. The molecule has 1 fully saturated rings. The molecule has 0 aliphatic carbocycles. The summed E-state index contributed by atoms with van der Waals surface area (Å²) in [6.07, 6.45) is 2.35. The van der Waals surface area contributed by atoms with Gasteiger partial charge >= 0.3 is 0 Å². The van der Waals surface area contributed by atoms with E-state index in [4.69, 9.17) is 9.47 Å². The summed E-state index contributed by atoms with van der Waals surface area (Å²) in [5.74, 6) is 3.17. The third-order valence-corrected chi connectivity index (χ3v) is 5.95. The third kappa shape index (κ3) is 7.55. The summed E-state index contributed by atoms with van der Waals surface area (Å²) >= 11 is 0. The van der Waals surface area contributed by atoms with Gasteiger partial charge in [-0.3, -0.25) is 4.99 Å². The van der Waals surface area contributed by atoms with Gasteiger partial charge in [0.15, 0.2) is 5.96 Å². The van der Waals surface area contributed by atoms with Crippen molar-refractivity contribution in [2.75, 3.05) is 54.5 Å². The number of rotatable bonds is 9. The van der Waals surface area contributed by atoms with Crippen LogP contribution in [0.3, 0.4) is 0 Å². The Balaban J connectivity index is 0.00000363. The fraction of sp³-hybridized carbons (Fsp3) is 0.480. The molecule has 0 spiro atoms. The average molecular weight is 553 g/mol. The first-order valence-corrected chi connectivity index (χ1v) is 11.0. The normalized spacial score (nSPS) is 16.4. The van der Waals surface area contributed by atoms with Crippen molar-refractivity contribution in [2.24, 2.45) is 10.9 Å². The van der Waals surface area contributed by atoms with E-state index in [0.717, 1.165) is 49.1 Å². The molecule has 6 nitrogen and oxygen atoms in total. The van der Waals surface area contributed by atoms with E-state index < -0.39 is 0 Å². The van der Waals surface area contributed by atoms with Crippen molar-refractivity contribution in [2.45, 2.75) is 19.4 Å². The van der Waals surface area contributed by atoms with Crippen LogP contribution >= 0.6 is 24.0 Å². The minimum absolute atomic E-state index is 0. The van der Waals surface area contributed by atoms with Crippen LogP contribution in [0.2, 0.25) is 0 Å². The maximum atomic E-state index is 5.54. The smallest absolute Gasteiger partial charge is 0.193 e. The molecule has 1 atom stereocenters. The molecule has 2 aromatic carbocycles. The fourth-order valence-electron chi connectivity index (χ4n) is 4.15. The van der Waals surface area contributed by atoms with Gasteiger partial charge in [-0.25, -0.2) is 0 Å². The molecule has 176 valence electrons. The van der Waals surface area contributed by atoms with Crippen molar-refractivity contribution in [3.8, 4) is 11.5 Å². The SMILES string of the molecule is CN=C(NCC1CCN(CCc2ccccc2)C1)N(C)Cc1ccc(OC)cc1OC.I. The molecule has 1 aliphatic heterocycles. The second-order valence-corrected chi connectivity index (χ2v) is 8.15. The first-order valence-electron chi connectivity index (χ1n) is 11.0. The van der Waals surface area contributed by atoms with Crippen LogP contribution in [0, 0.1) is 5.92 Å². The van der Waals surface area contributed by atoms with Crippen LogP contribution < -0.4 is 14.8 Å². The molecule has 32 heavy (non-hydrogen) atoms. The molecule has 0 bridgehead atoms. The van der Waals surface area contributed by atoms with E-state index in [2.05, 4.69) is 57.5 Å². The lowest BCUT2D eigenvalue weighted by Crippen LogP contribution is -2.41. The summed E-state index contributed by atoms with van der Waals surface area (Å²) in [4.78, 5) is 9.19. The summed E-state index contributed by atoms with van der Waals surface area (Å²) in [6, 6.07) is 16.7. The van der Waals surface area contributed by atoms with E-state index in [1.54, 1.807) is 14.2 Å². The van der Waals surface area contributed by atoms with Crippen molar-refractivity contribution < 1.29 is 9.47 Å².